The summed E-state index contributed by atoms with van der Waals surface area (Å²) in [5, 5.41) is 11.5. The van der Waals surface area contributed by atoms with E-state index in [0.717, 1.165) is 28.5 Å². The summed E-state index contributed by atoms with van der Waals surface area (Å²) in [7, 11) is 0. The molecule has 0 aromatic heterocycles. The lowest BCUT2D eigenvalue weighted by molar-refractivity contribution is -0.291. The Morgan fingerprint density at radius 3 is 2.53 bits per heavy atom. The summed E-state index contributed by atoms with van der Waals surface area (Å²) >= 11 is 0. The molecule has 1 aliphatic rings. The van der Waals surface area contributed by atoms with Crippen LogP contribution in [0.15, 0.2) is 66.7 Å². The Bertz CT molecular complexity index is 1030. The average molecular weight is 406 g/mol. The van der Waals surface area contributed by atoms with Crippen LogP contribution in [0.2, 0.25) is 0 Å². The zero-order chi connectivity index (χ0) is 21.1. The Labute approximate surface area is 176 Å². The van der Waals surface area contributed by atoms with Gasteiger partial charge in [0.15, 0.2) is 0 Å². The van der Waals surface area contributed by atoms with Gasteiger partial charge in [-0.1, -0.05) is 54.6 Å². The van der Waals surface area contributed by atoms with E-state index >= 15 is 0 Å². The van der Waals surface area contributed by atoms with Gasteiger partial charge >= 0.3 is 5.97 Å². The van der Waals surface area contributed by atoms with Gasteiger partial charge in [-0.3, -0.25) is 0 Å². The summed E-state index contributed by atoms with van der Waals surface area (Å²) in [5.74, 6) is -1.71. The van der Waals surface area contributed by atoms with E-state index in [1.54, 1.807) is 0 Å². The zero-order valence-corrected chi connectivity index (χ0v) is 17.2. The van der Waals surface area contributed by atoms with E-state index in [1.165, 1.54) is 12.5 Å². The molecule has 3 aromatic carbocycles. The molecular formula is C25H26O5. The van der Waals surface area contributed by atoms with E-state index < -0.39 is 11.8 Å². The third kappa shape index (κ3) is 4.48. The average Bonchev–Trinajstić information content (AvgIpc) is 2.75. The number of hydrogen-bond acceptors (Lipinski definition) is 4. The molecule has 0 radical (unpaired) electrons. The Morgan fingerprint density at radius 1 is 1.07 bits per heavy atom. The number of hydrogen-bond donors (Lipinski definition) is 1. The van der Waals surface area contributed by atoms with Crippen LogP contribution in [0, 0.1) is 5.92 Å². The summed E-state index contributed by atoms with van der Waals surface area (Å²) in [6, 6.07) is 22.6. The summed E-state index contributed by atoms with van der Waals surface area (Å²) < 4.78 is 17.1. The van der Waals surface area contributed by atoms with Crippen LogP contribution in [-0.4, -0.2) is 29.6 Å². The number of benzene rings is 3. The first-order chi connectivity index (χ1) is 14.4. The maximum Gasteiger partial charge on any atom is 0.364 e. The molecule has 5 nitrogen and oxygen atoms in total. The molecule has 3 atom stereocenters. The van der Waals surface area contributed by atoms with Gasteiger partial charge < -0.3 is 19.3 Å². The molecule has 0 aliphatic carbocycles. The van der Waals surface area contributed by atoms with Crippen molar-refractivity contribution in [3.05, 3.63) is 77.9 Å². The summed E-state index contributed by atoms with van der Waals surface area (Å²) in [6.07, 6.45) is 0.559. The molecule has 4 rings (SSSR count). The third-order valence-electron chi connectivity index (χ3n) is 5.66. The van der Waals surface area contributed by atoms with Gasteiger partial charge in [-0.05, 0) is 47.4 Å². The van der Waals surface area contributed by atoms with Crippen molar-refractivity contribution in [2.75, 3.05) is 6.61 Å². The Morgan fingerprint density at radius 2 is 1.80 bits per heavy atom. The quantitative estimate of drug-likeness (QED) is 0.636. The maximum atomic E-state index is 11.3. The minimum atomic E-state index is -1.56. The van der Waals surface area contributed by atoms with Crippen LogP contribution < -0.4 is 4.74 Å². The molecule has 0 saturated carbocycles. The fourth-order valence-corrected chi connectivity index (χ4v) is 3.76. The lowest BCUT2D eigenvalue weighted by atomic mass is 9.93. The standard InChI is InChI=1S/C25H26O5/c1-17-22(16-29-25(2,30-17)24(26)27)13-19-8-9-21-14-23(11-10-20(21)12-19)28-15-18-6-4-3-5-7-18/h3-12,14,17,22H,13,15-16H2,1-2H3,(H,26,27). The van der Waals surface area contributed by atoms with Crippen LogP contribution in [0.5, 0.6) is 5.75 Å². The third-order valence-corrected chi connectivity index (χ3v) is 5.66. The van der Waals surface area contributed by atoms with Crippen LogP contribution in [0.1, 0.15) is 25.0 Å². The summed E-state index contributed by atoms with van der Waals surface area (Å²) in [5.41, 5.74) is 2.31. The highest BCUT2D eigenvalue weighted by atomic mass is 16.7. The molecule has 1 heterocycles. The highest BCUT2D eigenvalue weighted by molar-refractivity contribution is 5.84. The van der Waals surface area contributed by atoms with E-state index in [1.807, 2.05) is 43.3 Å². The molecule has 3 unspecified atom stereocenters. The summed E-state index contributed by atoms with van der Waals surface area (Å²) in [6.45, 7) is 4.26. The first-order valence-electron chi connectivity index (χ1n) is 10.2. The SMILES string of the molecule is CC1OC(C)(C(=O)O)OCC1Cc1ccc2cc(OCc3ccccc3)ccc2c1. The number of ether oxygens (including phenoxy) is 3. The van der Waals surface area contributed by atoms with E-state index in [9.17, 15) is 9.90 Å². The van der Waals surface area contributed by atoms with E-state index in [4.69, 9.17) is 14.2 Å². The fraction of sp³-hybridized carbons (Fsp3) is 0.320. The smallest absolute Gasteiger partial charge is 0.364 e. The van der Waals surface area contributed by atoms with E-state index in [0.29, 0.717) is 13.2 Å². The Balaban J connectivity index is 1.42. The predicted octanol–water partition coefficient (Wildman–Crippen LogP) is 4.81. The molecule has 0 spiro atoms. The van der Waals surface area contributed by atoms with Crippen LogP contribution in [0.4, 0.5) is 0 Å². The van der Waals surface area contributed by atoms with Crippen LogP contribution in [-0.2, 0) is 27.3 Å². The van der Waals surface area contributed by atoms with Crippen LogP contribution >= 0.6 is 0 Å². The normalized spacial score (nSPS) is 23.9. The number of rotatable bonds is 6. The molecule has 5 heteroatoms. The zero-order valence-electron chi connectivity index (χ0n) is 17.2. The monoisotopic (exact) mass is 406 g/mol. The van der Waals surface area contributed by atoms with Gasteiger partial charge in [0.1, 0.15) is 12.4 Å². The van der Waals surface area contributed by atoms with Crippen molar-refractivity contribution in [2.45, 2.75) is 38.8 Å². The van der Waals surface area contributed by atoms with Crippen molar-refractivity contribution in [3.8, 4) is 5.75 Å². The molecule has 3 aromatic rings. The lowest BCUT2D eigenvalue weighted by Gasteiger charge is -2.39. The van der Waals surface area contributed by atoms with Gasteiger partial charge in [0.25, 0.3) is 5.79 Å². The van der Waals surface area contributed by atoms with Crippen LogP contribution in [0.25, 0.3) is 10.8 Å². The van der Waals surface area contributed by atoms with Gasteiger partial charge in [0.05, 0.1) is 12.7 Å². The van der Waals surface area contributed by atoms with Crippen molar-refractivity contribution in [1.29, 1.82) is 0 Å². The molecule has 1 saturated heterocycles. The number of carbonyl (C=O) groups is 1. The number of carboxylic acids is 1. The van der Waals surface area contributed by atoms with E-state index in [2.05, 4.69) is 30.3 Å². The lowest BCUT2D eigenvalue weighted by Crippen LogP contribution is -2.51. The van der Waals surface area contributed by atoms with Crippen molar-refractivity contribution in [1.82, 2.24) is 0 Å². The van der Waals surface area contributed by atoms with Gasteiger partial charge in [-0.15, -0.1) is 0 Å². The van der Waals surface area contributed by atoms with Gasteiger partial charge in [0.2, 0.25) is 0 Å². The Kier molecular flexibility index (Phi) is 5.75. The molecule has 1 aliphatic heterocycles. The number of aliphatic carboxylic acids is 1. The highest BCUT2D eigenvalue weighted by Gasteiger charge is 2.43. The molecule has 156 valence electrons. The second kappa shape index (κ2) is 8.46. The molecule has 0 bridgehead atoms. The fourth-order valence-electron chi connectivity index (χ4n) is 3.76. The topological polar surface area (TPSA) is 65.0 Å². The van der Waals surface area contributed by atoms with Crippen molar-refractivity contribution >= 4 is 16.7 Å². The Hall–Kier alpha value is -2.89. The largest absolute Gasteiger partial charge is 0.489 e. The van der Waals surface area contributed by atoms with Gasteiger partial charge in [0, 0.05) is 12.8 Å². The maximum absolute atomic E-state index is 11.3. The molecule has 0 amide bonds. The van der Waals surface area contributed by atoms with Crippen molar-refractivity contribution < 1.29 is 24.1 Å². The van der Waals surface area contributed by atoms with Crippen LogP contribution in [0.3, 0.4) is 0 Å². The van der Waals surface area contributed by atoms with Crippen molar-refractivity contribution in [2.24, 2.45) is 5.92 Å². The molecular weight excluding hydrogens is 380 g/mol. The minimum absolute atomic E-state index is 0.100. The second-order valence-corrected chi connectivity index (χ2v) is 7.97. The van der Waals surface area contributed by atoms with Gasteiger partial charge in [-0.2, -0.15) is 0 Å². The minimum Gasteiger partial charge on any atom is -0.489 e. The van der Waals surface area contributed by atoms with Gasteiger partial charge in [-0.25, -0.2) is 4.79 Å². The molecule has 1 fully saturated rings. The number of carboxylic acid groups (broad SMARTS) is 1. The first kappa shape index (κ1) is 20.4. The summed E-state index contributed by atoms with van der Waals surface area (Å²) in [4.78, 5) is 11.3. The predicted molar refractivity (Wildman–Crippen MR) is 114 cm³/mol. The van der Waals surface area contributed by atoms with E-state index in [-0.39, 0.29) is 12.0 Å². The van der Waals surface area contributed by atoms with Crippen molar-refractivity contribution in [3.63, 3.8) is 0 Å². The molecule has 1 N–H and O–H groups in total. The number of fused-ring (bicyclic) bond motifs is 1. The first-order valence-corrected chi connectivity index (χ1v) is 10.2. The molecule has 30 heavy (non-hydrogen) atoms. The second-order valence-electron chi connectivity index (χ2n) is 7.97. The highest BCUT2D eigenvalue weighted by Crippen LogP contribution is 2.30.